The summed E-state index contributed by atoms with van der Waals surface area (Å²) in [6.07, 6.45) is 3.07. The van der Waals surface area contributed by atoms with Gasteiger partial charge in [0.25, 0.3) is 0 Å². The normalized spacial score (nSPS) is 35.0. The van der Waals surface area contributed by atoms with Crippen molar-refractivity contribution in [3.63, 3.8) is 0 Å². The summed E-state index contributed by atoms with van der Waals surface area (Å²) >= 11 is 1.46. The maximum absolute atomic E-state index is 12.1. The quantitative estimate of drug-likeness (QED) is 0.591. The van der Waals surface area contributed by atoms with Crippen LogP contribution in [-0.2, 0) is 20.4 Å². The molecule has 3 saturated carbocycles. The topological polar surface area (TPSA) is 57.7 Å². The molecular formula is C19H28BNO4S. The van der Waals surface area contributed by atoms with Crippen LogP contribution in [0.1, 0.15) is 69.9 Å². The summed E-state index contributed by atoms with van der Waals surface area (Å²) in [4.78, 5) is 16.6. The van der Waals surface area contributed by atoms with Crippen LogP contribution in [0.15, 0.2) is 5.38 Å². The summed E-state index contributed by atoms with van der Waals surface area (Å²) in [6.45, 7) is 12.5. The number of carbonyl (C=O) groups excluding carboxylic acids is 1. The maximum Gasteiger partial charge on any atom is 0.464 e. The molecule has 142 valence electrons. The molecule has 0 N–H and O–H groups in total. The van der Waals surface area contributed by atoms with Crippen molar-refractivity contribution in [3.05, 3.63) is 16.1 Å². The fourth-order valence-electron chi connectivity index (χ4n) is 4.85. The van der Waals surface area contributed by atoms with Gasteiger partial charge in [-0.05, 0) is 57.8 Å². The van der Waals surface area contributed by atoms with Gasteiger partial charge in [-0.2, -0.15) is 0 Å². The lowest BCUT2D eigenvalue weighted by Gasteiger charge is -2.63. The molecule has 3 aliphatic carbocycles. The van der Waals surface area contributed by atoms with Crippen LogP contribution in [0.2, 0.25) is 0 Å². The van der Waals surface area contributed by atoms with Crippen LogP contribution in [0.3, 0.4) is 0 Å². The molecule has 1 aromatic rings. The number of hydrogen-bond acceptors (Lipinski definition) is 6. The summed E-state index contributed by atoms with van der Waals surface area (Å²) in [6, 6.07) is 0. The van der Waals surface area contributed by atoms with Gasteiger partial charge in [-0.15, -0.1) is 11.3 Å². The molecule has 0 amide bonds. The lowest BCUT2D eigenvalue weighted by molar-refractivity contribution is -0.185. The summed E-state index contributed by atoms with van der Waals surface area (Å²) in [5, 5.41) is 2.61. The number of hydrogen-bond donors (Lipinski definition) is 0. The van der Waals surface area contributed by atoms with Crippen LogP contribution in [0, 0.1) is 17.3 Å². The van der Waals surface area contributed by atoms with Gasteiger partial charge < -0.3 is 14.0 Å². The zero-order valence-electron chi connectivity index (χ0n) is 16.5. The Hall–Kier alpha value is -0.915. The van der Waals surface area contributed by atoms with E-state index in [4.69, 9.17) is 14.0 Å². The van der Waals surface area contributed by atoms with Crippen molar-refractivity contribution in [1.29, 1.82) is 0 Å². The number of carbonyl (C=O) groups is 1. The highest BCUT2D eigenvalue weighted by Crippen LogP contribution is 2.64. The van der Waals surface area contributed by atoms with Crippen molar-refractivity contribution in [1.82, 2.24) is 4.98 Å². The second-order valence-corrected chi connectivity index (χ2v) is 10.8. The van der Waals surface area contributed by atoms with Gasteiger partial charge in [0.1, 0.15) is 5.60 Å². The van der Waals surface area contributed by atoms with Gasteiger partial charge in [0.05, 0.1) is 16.7 Å². The molecule has 7 heteroatoms. The monoisotopic (exact) mass is 377 g/mol. The number of ether oxygens (including phenoxy) is 1. The maximum atomic E-state index is 12.1. The molecule has 26 heavy (non-hydrogen) atoms. The first-order chi connectivity index (χ1) is 12.0. The average Bonchev–Trinajstić information content (AvgIpc) is 3.08. The standard InChI is InChI=1S/C19H28BNO4S/c1-17(2,3)23-16(22)13-10-26-14(21-13)9-20-24-15-12-7-11(18(12,4)5)8-19(15,6)25-20/h10-12,15H,7-9H2,1-6H3/t11-,12+,15?,19+/m1/s1. The van der Waals surface area contributed by atoms with E-state index in [0.717, 1.165) is 17.3 Å². The molecule has 4 fully saturated rings. The average molecular weight is 377 g/mol. The van der Waals surface area contributed by atoms with E-state index in [-0.39, 0.29) is 24.8 Å². The molecule has 0 spiro atoms. The molecule has 0 radical (unpaired) electrons. The van der Waals surface area contributed by atoms with Crippen LogP contribution >= 0.6 is 11.3 Å². The Kier molecular flexibility index (Phi) is 4.11. The predicted molar refractivity (Wildman–Crippen MR) is 101 cm³/mol. The van der Waals surface area contributed by atoms with Gasteiger partial charge in [0.2, 0.25) is 0 Å². The Morgan fingerprint density at radius 3 is 2.81 bits per heavy atom. The fraction of sp³-hybridized carbons (Fsp3) is 0.789. The second-order valence-electron chi connectivity index (χ2n) is 9.81. The van der Waals surface area contributed by atoms with Crippen molar-refractivity contribution >= 4 is 24.4 Å². The number of thiazole rings is 1. The van der Waals surface area contributed by atoms with Crippen molar-refractivity contribution < 1.29 is 18.8 Å². The smallest absolute Gasteiger partial charge is 0.455 e. The molecule has 4 aliphatic rings. The lowest BCUT2D eigenvalue weighted by atomic mass is 9.45. The third kappa shape index (κ3) is 3.02. The summed E-state index contributed by atoms with van der Waals surface area (Å²) in [7, 11) is -0.280. The Balaban J connectivity index is 1.41. The van der Waals surface area contributed by atoms with Crippen LogP contribution in [0.5, 0.6) is 0 Å². The third-order valence-electron chi connectivity index (χ3n) is 6.37. The zero-order valence-corrected chi connectivity index (χ0v) is 17.3. The Morgan fingerprint density at radius 2 is 2.15 bits per heavy atom. The van der Waals surface area contributed by atoms with Crippen LogP contribution in [-0.4, -0.2) is 35.4 Å². The van der Waals surface area contributed by atoms with Gasteiger partial charge in [0.15, 0.2) is 5.69 Å². The van der Waals surface area contributed by atoms with E-state index in [9.17, 15) is 4.79 Å². The molecule has 5 rings (SSSR count). The molecule has 1 aliphatic heterocycles. The second kappa shape index (κ2) is 5.79. The molecule has 2 bridgehead atoms. The molecule has 1 aromatic heterocycles. The van der Waals surface area contributed by atoms with Gasteiger partial charge in [-0.25, -0.2) is 9.78 Å². The van der Waals surface area contributed by atoms with Crippen molar-refractivity contribution in [2.75, 3.05) is 0 Å². The SMILES string of the molecule is CC(C)(C)OC(=O)c1csc(CB2OC3[C@@H]4C[C@H](C[C@]3(C)O2)C4(C)C)n1. The minimum atomic E-state index is -0.517. The van der Waals surface area contributed by atoms with E-state index in [1.165, 1.54) is 17.8 Å². The van der Waals surface area contributed by atoms with E-state index in [0.29, 0.717) is 23.3 Å². The largest absolute Gasteiger partial charge is 0.464 e. The van der Waals surface area contributed by atoms with E-state index >= 15 is 0 Å². The number of rotatable bonds is 3. The fourth-order valence-corrected chi connectivity index (χ4v) is 5.63. The predicted octanol–water partition coefficient (Wildman–Crippen LogP) is 3.91. The molecule has 5 nitrogen and oxygen atoms in total. The van der Waals surface area contributed by atoms with Crippen molar-refractivity contribution in [2.24, 2.45) is 17.3 Å². The van der Waals surface area contributed by atoms with E-state index in [2.05, 4.69) is 25.8 Å². The molecule has 4 atom stereocenters. The van der Waals surface area contributed by atoms with Crippen LogP contribution in [0.4, 0.5) is 0 Å². The minimum Gasteiger partial charge on any atom is -0.455 e. The van der Waals surface area contributed by atoms with Gasteiger partial charge in [0, 0.05) is 11.7 Å². The number of esters is 1. The van der Waals surface area contributed by atoms with E-state index in [1.54, 1.807) is 5.38 Å². The molecule has 1 saturated heterocycles. The van der Waals surface area contributed by atoms with Crippen molar-refractivity contribution in [3.8, 4) is 0 Å². The van der Waals surface area contributed by atoms with Crippen LogP contribution in [0.25, 0.3) is 0 Å². The highest BCUT2D eigenvalue weighted by Gasteiger charge is 2.66. The Bertz CT molecular complexity index is 727. The summed E-state index contributed by atoms with van der Waals surface area (Å²) in [5.74, 6) is 0.927. The zero-order chi connectivity index (χ0) is 18.9. The first-order valence-electron chi connectivity index (χ1n) is 9.49. The Morgan fingerprint density at radius 1 is 1.42 bits per heavy atom. The number of nitrogens with zero attached hydrogens (tertiary/aromatic N) is 1. The highest BCUT2D eigenvalue weighted by atomic mass is 32.1. The van der Waals surface area contributed by atoms with E-state index in [1.807, 2.05) is 20.8 Å². The van der Waals surface area contributed by atoms with E-state index < -0.39 is 5.60 Å². The molecule has 1 unspecified atom stereocenters. The lowest BCUT2D eigenvalue weighted by Crippen LogP contribution is -2.63. The van der Waals surface area contributed by atoms with Gasteiger partial charge in [-0.3, -0.25) is 0 Å². The summed E-state index contributed by atoms with van der Waals surface area (Å²) in [5.41, 5.74) is 0.0214. The molecule has 0 aromatic carbocycles. The summed E-state index contributed by atoms with van der Waals surface area (Å²) < 4.78 is 18.1. The molecular weight excluding hydrogens is 349 g/mol. The van der Waals surface area contributed by atoms with Crippen molar-refractivity contribution in [2.45, 2.75) is 78.0 Å². The van der Waals surface area contributed by atoms with Gasteiger partial charge >= 0.3 is 13.1 Å². The highest BCUT2D eigenvalue weighted by molar-refractivity contribution is 7.10. The first-order valence-corrected chi connectivity index (χ1v) is 10.4. The minimum absolute atomic E-state index is 0.165. The Labute approximate surface area is 160 Å². The van der Waals surface area contributed by atoms with Gasteiger partial charge in [-0.1, -0.05) is 13.8 Å². The van der Waals surface area contributed by atoms with Crippen LogP contribution < -0.4 is 0 Å². The number of aromatic nitrogens is 1. The third-order valence-corrected chi connectivity index (χ3v) is 7.24. The molecule has 2 heterocycles. The first kappa shape index (κ1) is 18.4.